The number of hydrogen-bond acceptors (Lipinski definition) is 3. The molecule has 0 saturated heterocycles. The topological polar surface area (TPSA) is 45.8 Å². The molecule has 1 aliphatic rings. The minimum Gasteiger partial charge on any atom is -0.306 e. The Labute approximate surface area is 111 Å². The molecule has 3 rings (SSSR count). The smallest absolute Gasteiger partial charge is 0.255 e. The van der Waals surface area contributed by atoms with Crippen LogP contribution in [-0.2, 0) is 11.5 Å². The highest BCUT2D eigenvalue weighted by molar-refractivity contribution is 7.98. The number of fused-ring (bicyclic) bond motifs is 1. The van der Waals surface area contributed by atoms with Gasteiger partial charge in [-0.1, -0.05) is 11.6 Å². The number of thioether (sulfide) groups is 1. The Morgan fingerprint density at radius 1 is 1.39 bits per heavy atom. The molecule has 1 aromatic carbocycles. The van der Waals surface area contributed by atoms with Gasteiger partial charge in [0.1, 0.15) is 11.6 Å². The lowest BCUT2D eigenvalue weighted by Crippen LogP contribution is -2.15. The van der Waals surface area contributed by atoms with Gasteiger partial charge in [-0.05, 0) is 18.2 Å². The lowest BCUT2D eigenvalue weighted by molar-refractivity contribution is 0.628. The van der Waals surface area contributed by atoms with Gasteiger partial charge in [-0.2, -0.15) is 11.8 Å². The maximum absolute atomic E-state index is 13.0. The van der Waals surface area contributed by atoms with E-state index in [4.69, 9.17) is 11.6 Å². The molecular weight excluding hydrogens is 275 g/mol. The van der Waals surface area contributed by atoms with Crippen molar-refractivity contribution in [1.29, 1.82) is 0 Å². The second kappa shape index (κ2) is 4.40. The number of rotatable bonds is 1. The Morgan fingerprint density at radius 2 is 2.22 bits per heavy atom. The number of hydrogen-bond donors (Lipinski definition) is 1. The Morgan fingerprint density at radius 3 is 3.00 bits per heavy atom. The molecule has 1 N–H and O–H groups in total. The maximum Gasteiger partial charge on any atom is 0.255 e. The third-order valence-electron chi connectivity index (χ3n) is 2.77. The highest BCUT2D eigenvalue weighted by atomic mass is 35.5. The van der Waals surface area contributed by atoms with E-state index in [1.165, 1.54) is 18.2 Å². The SMILES string of the molecule is O=c1[nH]c(-c2ccc(F)cc2Cl)nc2c1CSC2. The highest BCUT2D eigenvalue weighted by Gasteiger charge is 2.18. The van der Waals surface area contributed by atoms with Crippen LogP contribution in [0.4, 0.5) is 4.39 Å². The molecule has 2 heterocycles. The molecule has 6 heteroatoms. The van der Waals surface area contributed by atoms with Crippen LogP contribution in [0.5, 0.6) is 0 Å². The Balaban J connectivity index is 2.18. The van der Waals surface area contributed by atoms with Crippen molar-refractivity contribution in [2.24, 2.45) is 0 Å². The lowest BCUT2D eigenvalue weighted by Gasteiger charge is -2.05. The van der Waals surface area contributed by atoms with Gasteiger partial charge >= 0.3 is 0 Å². The van der Waals surface area contributed by atoms with Crippen molar-refractivity contribution in [1.82, 2.24) is 9.97 Å². The maximum atomic E-state index is 13.0. The van der Waals surface area contributed by atoms with E-state index in [9.17, 15) is 9.18 Å². The summed E-state index contributed by atoms with van der Waals surface area (Å²) in [5.41, 5.74) is 1.91. The van der Waals surface area contributed by atoms with Crippen molar-refractivity contribution in [3.63, 3.8) is 0 Å². The first-order valence-electron chi connectivity index (χ1n) is 5.30. The van der Waals surface area contributed by atoms with Gasteiger partial charge in [0, 0.05) is 22.6 Å². The minimum absolute atomic E-state index is 0.139. The van der Waals surface area contributed by atoms with Crippen LogP contribution in [-0.4, -0.2) is 9.97 Å². The monoisotopic (exact) mass is 282 g/mol. The molecule has 0 saturated carbocycles. The van der Waals surface area contributed by atoms with Gasteiger partial charge in [0.25, 0.3) is 5.56 Å². The second-order valence-corrected chi connectivity index (χ2v) is 5.35. The number of aromatic amines is 1. The van der Waals surface area contributed by atoms with Crippen LogP contribution >= 0.6 is 23.4 Å². The highest BCUT2D eigenvalue weighted by Crippen LogP contribution is 2.29. The number of benzene rings is 1. The van der Waals surface area contributed by atoms with E-state index in [2.05, 4.69) is 9.97 Å². The Bertz CT molecular complexity index is 686. The summed E-state index contributed by atoms with van der Waals surface area (Å²) in [4.78, 5) is 18.9. The molecule has 0 spiro atoms. The molecule has 1 aliphatic heterocycles. The molecule has 0 fully saturated rings. The van der Waals surface area contributed by atoms with Crippen molar-refractivity contribution < 1.29 is 4.39 Å². The van der Waals surface area contributed by atoms with Gasteiger partial charge in [0.2, 0.25) is 0 Å². The molecule has 0 bridgehead atoms. The van der Waals surface area contributed by atoms with E-state index >= 15 is 0 Å². The van der Waals surface area contributed by atoms with Crippen molar-refractivity contribution in [3.8, 4) is 11.4 Å². The first-order valence-corrected chi connectivity index (χ1v) is 6.83. The summed E-state index contributed by atoms with van der Waals surface area (Å²) in [6, 6.07) is 4.02. The van der Waals surface area contributed by atoms with E-state index in [0.717, 1.165) is 17.0 Å². The molecule has 0 unspecified atom stereocenters. The average Bonchev–Trinajstić information content (AvgIpc) is 2.77. The lowest BCUT2D eigenvalue weighted by atomic mass is 10.2. The molecule has 3 nitrogen and oxygen atoms in total. The zero-order valence-electron chi connectivity index (χ0n) is 9.17. The molecule has 0 radical (unpaired) electrons. The van der Waals surface area contributed by atoms with Crippen LogP contribution in [0.25, 0.3) is 11.4 Å². The van der Waals surface area contributed by atoms with E-state index in [0.29, 0.717) is 17.1 Å². The fourth-order valence-electron chi connectivity index (χ4n) is 1.87. The normalized spacial score (nSPS) is 13.7. The van der Waals surface area contributed by atoms with Gasteiger partial charge < -0.3 is 4.98 Å². The van der Waals surface area contributed by atoms with Gasteiger partial charge in [0.05, 0.1) is 10.7 Å². The van der Waals surface area contributed by atoms with Gasteiger partial charge in [-0.3, -0.25) is 4.79 Å². The van der Waals surface area contributed by atoms with E-state index < -0.39 is 5.82 Å². The number of nitrogens with zero attached hydrogens (tertiary/aromatic N) is 1. The molecule has 0 amide bonds. The van der Waals surface area contributed by atoms with Crippen LogP contribution in [0.2, 0.25) is 5.02 Å². The molecule has 1 aromatic heterocycles. The number of nitrogens with one attached hydrogen (secondary N) is 1. The fourth-order valence-corrected chi connectivity index (χ4v) is 3.16. The van der Waals surface area contributed by atoms with E-state index in [1.807, 2.05) is 0 Å². The number of halogens is 2. The Hall–Kier alpha value is -1.33. The largest absolute Gasteiger partial charge is 0.306 e. The van der Waals surface area contributed by atoms with Crippen LogP contribution in [0.1, 0.15) is 11.3 Å². The number of aromatic nitrogens is 2. The van der Waals surface area contributed by atoms with Gasteiger partial charge in [-0.15, -0.1) is 0 Å². The fraction of sp³-hybridized carbons (Fsp3) is 0.167. The summed E-state index contributed by atoms with van der Waals surface area (Å²) in [6.45, 7) is 0. The van der Waals surface area contributed by atoms with Crippen molar-refractivity contribution >= 4 is 23.4 Å². The first-order chi connectivity index (χ1) is 8.65. The summed E-state index contributed by atoms with van der Waals surface area (Å²) in [7, 11) is 0. The molecule has 2 aromatic rings. The summed E-state index contributed by atoms with van der Waals surface area (Å²) in [5.74, 6) is 1.40. The summed E-state index contributed by atoms with van der Waals surface area (Å²) < 4.78 is 13.0. The average molecular weight is 283 g/mol. The summed E-state index contributed by atoms with van der Waals surface area (Å²) >= 11 is 7.61. The zero-order valence-corrected chi connectivity index (χ0v) is 10.7. The van der Waals surface area contributed by atoms with Crippen LogP contribution in [0.15, 0.2) is 23.0 Å². The van der Waals surface area contributed by atoms with Crippen LogP contribution in [0, 0.1) is 5.82 Å². The van der Waals surface area contributed by atoms with E-state index in [-0.39, 0.29) is 10.6 Å². The van der Waals surface area contributed by atoms with Gasteiger partial charge in [-0.25, -0.2) is 9.37 Å². The van der Waals surface area contributed by atoms with Crippen molar-refractivity contribution in [2.75, 3.05) is 0 Å². The van der Waals surface area contributed by atoms with Crippen LogP contribution < -0.4 is 5.56 Å². The Kier molecular flexibility index (Phi) is 2.87. The second-order valence-electron chi connectivity index (χ2n) is 3.96. The molecule has 0 atom stereocenters. The van der Waals surface area contributed by atoms with Crippen molar-refractivity contribution in [2.45, 2.75) is 11.5 Å². The molecule has 92 valence electrons. The first kappa shape index (κ1) is 11.7. The predicted octanol–water partition coefficient (Wildman–Crippen LogP) is 2.98. The molecule has 18 heavy (non-hydrogen) atoms. The quantitative estimate of drug-likeness (QED) is 0.875. The predicted molar refractivity (Wildman–Crippen MR) is 70.3 cm³/mol. The molecule has 0 aliphatic carbocycles. The molecular formula is C12H8ClFN2OS. The van der Waals surface area contributed by atoms with Crippen LogP contribution in [0.3, 0.4) is 0 Å². The third kappa shape index (κ3) is 1.93. The minimum atomic E-state index is -0.414. The third-order valence-corrected chi connectivity index (χ3v) is 4.06. The summed E-state index contributed by atoms with van der Waals surface area (Å²) in [6.07, 6.45) is 0. The number of H-pyrrole nitrogens is 1. The summed E-state index contributed by atoms with van der Waals surface area (Å²) in [5, 5.41) is 0.240. The van der Waals surface area contributed by atoms with Crippen molar-refractivity contribution in [3.05, 3.63) is 50.7 Å². The van der Waals surface area contributed by atoms with E-state index in [1.54, 1.807) is 11.8 Å². The van der Waals surface area contributed by atoms with Gasteiger partial charge in [0.15, 0.2) is 0 Å². The standard InChI is InChI=1S/C12H8ClFN2OS/c13-9-3-6(14)1-2-7(9)11-15-10-5-18-4-8(10)12(17)16-11/h1-3H,4-5H2,(H,15,16,17). The zero-order chi connectivity index (χ0) is 12.7.